The van der Waals surface area contributed by atoms with Crippen molar-refractivity contribution in [3.05, 3.63) is 88.9 Å². The number of halogens is 1. The van der Waals surface area contributed by atoms with Crippen molar-refractivity contribution < 1.29 is 14.0 Å². The number of hydrogen-bond donors (Lipinski definition) is 2. The van der Waals surface area contributed by atoms with Gasteiger partial charge in [0.05, 0.1) is 24.2 Å². The summed E-state index contributed by atoms with van der Waals surface area (Å²) in [5, 5.41) is 10.5. The highest BCUT2D eigenvalue weighted by Gasteiger charge is 2.14. The number of aldehydes is 1. The Bertz CT molecular complexity index is 1100. The minimum absolute atomic E-state index is 0.0518. The molecule has 0 saturated carbocycles. The number of anilines is 2. The van der Waals surface area contributed by atoms with Crippen LogP contribution in [-0.2, 0) is 16.0 Å². The predicted octanol–water partition coefficient (Wildman–Crippen LogP) is 4.41. The average Bonchev–Trinajstić information content (AvgIpc) is 3.25. The fourth-order valence-electron chi connectivity index (χ4n) is 2.78. The van der Waals surface area contributed by atoms with E-state index in [1.165, 1.54) is 28.5 Å². The fourth-order valence-corrected chi connectivity index (χ4v) is 3.48. The van der Waals surface area contributed by atoms with Crippen molar-refractivity contribution in [2.75, 3.05) is 10.3 Å². The van der Waals surface area contributed by atoms with Crippen LogP contribution in [0.4, 0.5) is 15.8 Å². The van der Waals surface area contributed by atoms with Crippen LogP contribution < -0.4 is 16.1 Å². The van der Waals surface area contributed by atoms with Gasteiger partial charge in [0.2, 0.25) is 5.91 Å². The van der Waals surface area contributed by atoms with E-state index in [1.807, 2.05) is 17.5 Å². The SMILES string of the molecule is C=C(c1cccc(F)c1)N(/N=C(\N)CC=O)c1ccc(NC(=O)Cc2cccs2)cc1. The largest absolute Gasteiger partial charge is 0.385 e. The molecule has 0 aliphatic carbocycles. The van der Waals surface area contributed by atoms with Crippen molar-refractivity contribution in [1.82, 2.24) is 0 Å². The molecule has 6 nitrogen and oxygen atoms in total. The van der Waals surface area contributed by atoms with Gasteiger partial charge in [0.25, 0.3) is 0 Å². The van der Waals surface area contributed by atoms with E-state index in [0.717, 1.165) is 4.88 Å². The van der Waals surface area contributed by atoms with Gasteiger partial charge in [0.15, 0.2) is 0 Å². The van der Waals surface area contributed by atoms with Crippen molar-refractivity contribution in [3.63, 3.8) is 0 Å². The second-order valence-corrected chi connectivity index (χ2v) is 7.61. The lowest BCUT2D eigenvalue weighted by Crippen LogP contribution is -2.22. The standard InChI is InChI=1S/C23H21FN4O2S/c1-16(17-4-2-5-18(24)14-17)28(27-22(25)11-12-29)20-9-7-19(8-10-20)26-23(30)15-21-6-3-13-31-21/h2-10,12-14H,1,11,15H2,(H2,25,27)(H,26,30). The molecule has 3 aromatic rings. The van der Waals surface area contributed by atoms with Gasteiger partial charge in [-0.15, -0.1) is 11.3 Å². The Labute approximate surface area is 183 Å². The zero-order valence-electron chi connectivity index (χ0n) is 16.6. The van der Waals surface area contributed by atoms with Crippen LogP contribution in [0.1, 0.15) is 16.9 Å². The molecule has 2 aromatic carbocycles. The molecule has 0 radical (unpaired) electrons. The van der Waals surface area contributed by atoms with E-state index in [2.05, 4.69) is 17.0 Å². The predicted molar refractivity (Wildman–Crippen MR) is 123 cm³/mol. The summed E-state index contributed by atoms with van der Waals surface area (Å²) in [5.41, 5.74) is 7.92. The molecule has 0 atom stereocenters. The zero-order chi connectivity index (χ0) is 22.2. The van der Waals surface area contributed by atoms with Gasteiger partial charge in [-0.2, -0.15) is 5.10 Å². The molecule has 0 fully saturated rings. The summed E-state index contributed by atoms with van der Waals surface area (Å²) >= 11 is 1.52. The number of benzene rings is 2. The summed E-state index contributed by atoms with van der Waals surface area (Å²) in [6, 6.07) is 16.6. The van der Waals surface area contributed by atoms with Gasteiger partial charge in [-0.05, 0) is 47.8 Å². The molecule has 1 heterocycles. The van der Waals surface area contributed by atoms with Crippen LogP contribution in [0.2, 0.25) is 0 Å². The molecule has 31 heavy (non-hydrogen) atoms. The first-order valence-corrected chi connectivity index (χ1v) is 10.3. The minimum atomic E-state index is -0.410. The summed E-state index contributed by atoms with van der Waals surface area (Å²) in [7, 11) is 0. The number of nitrogens with one attached hydrogen (secondary N) is 1. The zero-order valence-corrected chi connectivity index (χ0v) is 17.4. The molecule has 0 aliphatic heterocycles. The highest BCUT2D eigenvalue weighted by molar-refractivity contribution is 7.10. The van der Waals surface area contributed by atoms with Crippen LogP contribution in [0.3, 0.4) is 0 Å². The number of amidine groups is 1. The Morgan fingerprint density at radius 2 is 1.97 bits per heavy atom. The molecule has 0 aliphatic rings. The molecule has 0 spiro atoms. The Kier molecular flexibility index (Phi) is 7.29. The quantitative estimate of drug-likeness (QED) is 0.225. The van der Waals surface area contributed by atoms with Crippen molar-refractivity contribution >= 4 is 46.4 Å². The van der Waals surface area contributed by atoms with Crippen LogP contribution in [-0.4, -0.2) is 18.0 Å². The van der Waals surface area contributed by atoms with Crippen molar-refractivity contribution in [1.29, 1.82) is 0 Å². The maximum Gasteiger partial charge on any atom is 0.229 e. The van der Waals surface area contributed by atoms with Gasteiger partial charge in [-0.25, -0.2) is 9.40 Å². The molecule has 0 saturated heterocycles. The van der Waals surface area contributed by atoms with Crippen LogP contribution >= 0.6 is 11.3 Å². The van der Waals surface area contributed by atoms with Crippen LogP contribution in [0.25, 0.3) is 5.70 Å². The molecule has 0 unspecified atom stereocenters. The molecular weight excluding hydrogens is 415 g/mol. The van der Waals surface area contributed by atoms with Gasteiger partial charge in [0.1, 0.15) is 17.9 Å². The van der Waals surface area contributed by atoms with E-state index >= 15 is 0 Å². The van der Waals surface area contributed by atoms with Crippen molar-refractivity contribution in [2.45, 2.75) is 12.8 Å². The smallest absolute Gasteiger partial charge is 0.229 e. The summed E-state index contributed by atoms with van der Waals surface area (Å²) in [6.07, 6.45) is 0.895. The number of thiophene rings is 1. The molecule has 1 amide bonds. The minimum Gasteiger partial charge on any atom is -0.385 e. The number of carbonyl (C=O) groups is 2. The second kappa shape index (κ2) is 10.3. The number of amides is 1. The Morgan fingerprint density at radius 3 is 2.61 bits per heavy atom. The molecular formula is C23H21FN4O2S. The maximum absolute atomic E-state index is 13.7. The third-order valence-corrected chi connectivity index (χ3v) is 5.12. The first-order valence-electron chi connectivity index (χ1n) is 9.40. The highest BCUT2D eigenvalue weighted by Crippen LogP contribution is 2.27. The fraction of sp³-hybridized carbons (Fsp3) is 0.0870. The van der Waals surface area contributed by atoms with E-state index in [-0.39, 0.29) is 18.2 Å². The van der Waals surface area contributed by atoms with E-state index in [0.29, 0.717) is 35.3 Å². The Morgan fingerprint density at radius 1 is 1.19 bits per heavy atom. The average molecular weight is 437 g/mol. The van der Waals surface area contributed by atoms with Crippen molar-refractivity contribution in [3.8, 4) is 0 Å². The second-order valence-electron chi connectivity index (χ2n) is 6.58. The van der Waals surface area contributed by atoms with Gasteiger partial charge in [-0.3, -0.25) is 4.79 Å². The molecule has 158 valence electrons. The summed E-state index contributed by atoms with van der Waals surface area (Å²) in [6.45, 7) is 4.01. The highest BCUT2D eigenvalue weighted by atomic mass is 32.1. The maximum atomic E-state index is 13.7. The van der Waals surface area contributed by atoms with Crippen LogP contribution in [0.15, 0.2) is 77.7 Å². The van der Waals surface area contributed by atoms with Gasteiger partial charge >= 0.3 is 0 Å². The number of hydrazone groups is 1. The van der Waals surface area contributed by atoms with Crippen LogP contribution in [0, 0.1) is 5.82 Å². The molecule has 0 bridgehead atoms. The van der Waals surface area contributed by atoms with E-state index in [1.54, 1.807) is 36.4 Å². The first-order chi connectivity index (χ1) is 15.0. The molecule has 1 aromatic heterocycles. The van der Waals surface area contributed by atoms with Crippen molar-refractivity contribution in [2.24, 2.45) is 10.8 Å². The number of nitrogens with zero attached hydrogens (tertiary/aromatic N) is 2. The van der Waals surface area contributed by atoms with Gasteiger partial charge in [0, 0.05) is 16.1 Å². The number of hydrogen-bond acceptors (Lipinski definition) is 5. The Balaban J connectivity index is 1.81. The Hall–Kier alpha value is -3.78. The van der Waals surface area contributed by atoms with E-state index < -0.39 is 5.82 Å². The van der Waals surface area contributed by atoms with Crippen LogP contribution in [0.5, 0.6) is 0 Å². The third-order valence-electron chi connectivity index (χ3n) is 4.24. The summed E-state index contributed by atoms with van der Waals surface area (Å²) < 4.78 is 13.7. The lowest BCUT2D eigenvalue weighted by molar-refractivity contribution is -0.115. The van der Waals surface area contributed by atoms with E-state index in [9.17, 15) is 14.0 Å². The monoisotopic (exact) mass is 436 g/mol. The topological polar surface area (TPSA) is 87.8 Å². The molecule has 8 heteroatoms. The van der Waals surface area contributed by atoms with Gasteiger partial charge in [-0.1, -0.05) is 24.8 Å². The molecule has 3 rings (SSSR count). The number of carbonyl (C=O) groups excluding carboxylic acids is 2. The lowest BCUT2D eigenvalue weighted by atomic mass is 10.1. The van der Waals surface area contributed by atoms with Gasteiger partial charge < -0.3 is 15.8 Å². The number of rotatable bonds is 9. The summed E-state index contributed by atoms with van der Waals surface area (Å²) in [4.78, 5) is 24.0. The van der Waals surface area contributed by atoms with E-state index in [4.69, 9.17) is 5.73 Å². The summed E-state index contributed by atoms with van der Waals surface area (Å²) in [5.74, 6) is -0.447. The third kappa shape index (κ3) is 6.10. The number of nitrogens with two attached hydrogens (primary N) is 1. The molecule has 3 N–H and O–H groups in total. The lowest BCUT2D eigenvalue weighted by Gasteiger charge is -2.23. The normalized spacial score (nSPS) is 11.1. The first kappa shape index (κ1) is 21.9.